The molecule has 1 saturated carbocycles. The van der Waals surface area contributed by atoms with Gasteiger partial charge in [-0.05, 0) is 72.4 Å². The first-order valence-corrected chi connectivity index (χ1v) is 12.7. The summed E-state index contributed by atoms with van der Waals surface area (Å²) in [5, 5.41) is 8.96. The Labute approximate surface area is 215 Å². The number of halogens is 1. The summed E-state index contributed by atoms with van der Waals surface area (Å²) in [7, 11) is 0. The number of fused-ring (bicyclic) bond motifs is 1. The molecule has 4 aromatic rings. The van der Waals surface area contributed by atoms with Crippen LogP contribution in [0, 0.1) is 11.7 Å². The highest BCUT2D eigenvalue weighted by atomic mass is 19.1. The zero-order valence-corrected chi connectivity index (χ0v) is 21.3. The molecule has 0 radical (unpaired) electrons. The van der Waals surface area contributed by atoms with Gasteiger partial charge in [-0.2, -0.15) is 0 Å². The highest BCUT2D eigenvalue weighted by Crippen LogP contribution is 2.31. The summed E-state index contributed by atoms with van der Waals surface area (Å²) in [4.78, 5) is 27.4. The molecule has 1 aliphatic carbocycles. The quantitative estimate of drug-likeness (QED) is 0.311. The number of H-pyrrole nitrogens is 1. The van der Waals surface area contributed by atoms with E-state index in [4.69, 9.17) is 9.84 Å². The molecule has 1 aliphatic rings. The third kappa shape index (κ3) is 5.63. The van der Waals surface area contributed by atoms with E-state index < -0.39 is 5.97 Å². The van der Waals surface area contributed by atoms with Crippen LogP contribution in [0.25, 0.3) is 33.5 Å². The molecule has 2 heterocycles. The average Bonchev–Trinajstić information content (AvgIpc) is 3.28. The first-order valence-electron chi connectivity index (χ1n) is 12.7. The molecule has 0 spiro atoms. The number of carboxylic acids is 1. The Kier molecular flexibility index (Phi) is 6.67. The fraction of sp³-hybridized carbons (Fsp3) is 0.379. The van der Waals surface area contributed by atoms with Crippen LogP contribution >= 0.6 is 0 Å². The molecule has 2 aromatic carbocycles. The van der Waals surface area contributed by atoms with Crippen LogP contribution in [-0.2, 0) is 10.2 Å². The highest BCUT2D eigenvalue weighted by molar-refractivity contribution is 5.81. The average molecular weight is 503 g/mol. The van der Waals surface area contributed by atoms with Gasteiger partial charge in [0.2, 0.25) is 0 Å². The molecule has 8 heteroatoms. The van der Waals surface area contributed by atoms with Crippen LogP contribution < -0.4 is 4.74 Å². The summed E-state index contributed by atoms with van der Waals surface area (Å²) in [6, 6.07) is 11.4. The number of carboxylic acid groups (broad SMARTS) is 1. The maximum Gasteiger partial charge on any atom is 0.316 e. The Hall–Kier alpha value is -3.81. The number of carbonyl (C=O) groups is 1. The summed E-state index contributed by atoms with van der Waals surface area (Å²) in [5.41, 5.74) is 4.61. The fourth-order valence-corrected chi connectivity index (χ4v) is 4.87. The topological polar surface area (TPSA) is 101 Å². The van der Waals surface area contributed by atoms with Crippen LogP contribution in [0.15, 0.2) is 48.8 Å². The van der Waals surface area contributed by atoms with Crippen molar-refractivity contribution in [2.24, 2.45) is 5.92 Å². The van der Waals surface area contributed by atoms with Gasteiger partial charge in [0.15, 0.2) is 0 Å². The van der Waals surface area contributed by atoms with E-state index in [9.17, 15) is 4.79 Å². The van der Waals surface area contributed by atoms with Crippen molar-refractivity contribution >= 4 is 17.0 Å². The second-order valence-corrected chi connectivity index (χ2v) is 10.9. The lowest BCUT2D eigenvalue weighted by atomic mass is 9.85. The van der Waals surface area contributed by atoms with Gasteiger partial charge in [0.25, 0.3) is 0 Å². The Morgan fingerprint density at radius 3 is 2.43 bits per heavy atom. The maximum absolute atomic E-state index is 15.2. The van der Waals surface area contributed by atoms with Gasteiger partial charge in [-0.3, -0.25) is 4.79 Å². The Balaban J connectivity index is 1.27. The SMILES string of the molecule is CC(C)(C)c1ccc2nc(-c3ccc(-c4cnc(OC5CCC(CC(=O)O)CC5)nc4)cc3F)[nH]c2c1. The van der Waals surface area contributed by atoms with Crippen molar-refractivity contribution in [1.82, 2.24) is 19.9 Å². The number of rotatable bonds is 6. The predicted octanol–water partition coefficient (Wildman–Crippen LogP) is 6.54. The first kappa shape index (κ1) is 24.9. The van der Waals surface area contributed by atoms with E-state index >= 15 is 4.39 Å². The lowest BCUT2D eigenvalue weighted by Crippen LogP contribution is -2.25. The van der Waals surface area contributed by atoms with E-state index in [2.05, 4.69) is 52.8 Å². The van der Waals surface area contributed by atoms with Gasteiger partial charge in [-0.25, -0.2) is 19.3 Å². The molecule has 2 aromatic heterocycles. The van der Waals surface area contributed by atoms with Crippen LogP contribution in [0.4, 0.5) is 4.39 Å². The van der Waals surface area contributed by atoms with E-state index in [-0.39, 0.29) is 35.7 Å². The standard InChI is InChI=1S/C29H31FN4O3/c1-29(2,3)20-7-11-24-25(14-20)34-27(33-24)22-10-6-18(13-23(22)30)19-15-31-28(32-16-19)37-21-8-4-17(5-9-21)12-26(35)36/h6-7,10-11,13-17,21H,4-5,8-9,12H2,1-3H3,(H,33,34)(H,35,36). The first-order chi connectivity index (χ1) is 17.7. The van der Waals surface area contributed by atoms with Gasteiger partial charge in [-0.1, -0.05) is 32.9 Å². The van der Waals surface area contributed by atoms with Crippen molar-refractivity contribution in [3.8, 4) is 28.5 Å². The van der Waals surface area contributed by atoms with Crippen molar-refractivity contribution < 1.29 is 19.0 Å². The van der Waals surface area contributed by atoms with Crippen molar-refractivity contribution in [3.63, 3.8) is 0 Å². The van der Waals surface area contributed by atoms with Gasteiger partial charge in [0.05, 0.1) is 16.6 Å². The molecule has 0 bridgehead atoms. The second-order valence-electron chi connectivity index (χ2n) is 10.9. The van der Waals surface area contributed by atoms with E-state index in [0.29, 0.717) is 22.5 Å². The molecule has 5 rings (SSSR count). The number of nitrogens with zero attached hydrogens (tertiary/aromatic N) is 3. The van der Waals surface area contributed by atoms with Gasteiger partial charge in [-0.15, -0.1) is 0 Å². The number of hydrogen-bond acceptors (Lipinski definition) is 5. The monoisotopic (exact) mass is 502 g/mol. The molecule has 1 fully saturated rings. The Morgan fingerprint density at radius 1 is 1.05 bits per heavy atom. The third-order valence-corrected chi connectivity index (χ3v) is 7.06. The molecule has 0 aliphatic heterocycles. The number of hydrogen-bond donors (Lipinski definition) is 2. The van der Waals surface area contributed by atoms with Crippen molar-refractivity contribution in [3.05, 3.63) is 60.2 Å². The van der Waals surface area contributed by atoms with Crippen LogP contribution in [0.5, 0.6) is 6.01 Å². The minimum Gasteiger partial charge on any atom is -0.481 e. The number of aromatic amines is 1. The van der Waals surface area contributed by atoms with E-state index in [1.165, 1.54) is 11.6 Å². The summed E-state index contributed by atoms with van der Waals surface area (Å²) in [5.74, 6) is -0.437. The fourth-order valence-electron chi connectivity index (χ4n) is 4.87. The third-order valence-electron chi connectivity index (χ3n) is 7.06. The maximum atomic E-state index is 15.2. The molecule has 37 heavy (non-hydrogen) atoms. The number of nitrogens with one attached hydrogen (secondary N) is 1. The summed E-state index contributed by atoms with van der Waals surface area (Å²) in [6.45, 7) is 6.46. The Morgan fingerprint density at radius 2 is 1.78 bits per heavy atom. The molecule has 7 nitrogen and oxygen atoms in total. The molecule has 0 atom stereocenters. The number of aromatic nitrogens is 4. The minimum absolute atomic E-state index is 0.0104. The van der Waals surface area contributed by atoms with Gasteiger partial charge in [0, 0.05) is 24.4 Å². The Bertz CT molecular complexity index is 1420. The van der Waals surface area contributed by atoms with Crippen LogP contribution in [0.2, 0.25) is 0 Å². The summed E-state index contributed by atoms with van der Waals surface area (Å²) in [6.07, 6.45) is 6.67. The molecule has 0 saturated heterocycles. The smallest absolute Gasteiger partial charge is 0.316 e. The largest absolute Gasteiger partial charge is 0.481 e. The minimum atomic E-state index is -0.750. The van der Waals surface area contributed by atoms with Crippen LogP contribution in [0.1, 0.15) is 58.4 Å². The zero-order valence-electron chi connectivity index (χ0n) is 21.3. The van der Waals surface area contributed by atoms with Crippen molar-refractivity contribution in [2.45, 2.75) is 64.4 Å². The lowest BCUT2D eigenvalue weighted by molar-refractivity contribution is -0.138. The second kappa shape index (κ2) is 9.92. The molecular weight excluding hydrogens is 471 g/mol. The number of aliphatic carboxylic acids is 1. The van der Waals surface area contributed by atoms with Gasteiger partial charge in [0.1, 0.15) is 17.7 Å². The number of benzene rings is 2. The van der Waals surface area contributed by atoms with E-state index in [0.717, 1.165) is 36.7 Å². The van der Waals surface area contributed by atoms with E-state index in [1.54, 1.807) is 18.5 Å². The molecule has 0 amide bonds. The van der Waals surface area contributed by atoms with Crippen LogP contribution in [-0.4, -0.2) is 37.1 Å². The molecule has 192 valence electrons. The van der Waals surface area contributed by atoms with E-state index in [1.807, 2.05) is 12.1 Å². The van der Waals surface area contributed by atoms with Crippen molar-refractivity contribution in [2.75, 3.05) is 0 Å². The summed E-state index contributed by atoms with van der Waals surface area (Å²) < 4.78 is 21.1. The van der Waals surface area contributed by atoms with Crippen molar-refractivity contribution in [1.29, 1.82) is 0 Å². The zero-order chi connectivity index (χ0) is 26.2. The highest BCUT2D eigenvalue weighted by Gasteiger charge is 2.24. The van der Waals surface area contributed by atoms with Crippen LogP contribution in [0.3, 0.4) is 0 Å². The predicted molar refractivity (Wildman–Crippen MR) is 140 cm³/mol. The molecule has 2 N–H and O–H groups in total. The lowest BCUT2D eigenvalue weighted by Gasteiger charge is -2.27. The number of imidazole rings is 1. The normalized spacial score (nSPS) is 18.2. The number of ether oxygens (including phenoxy) is 1. The van der Waals surface area contributed by atoms with Gasteiger partial charge < -0.3 is 14.8 Å². The molecular formula is C29H31FN4O3. The summed E-state index contributed by atoms with van der Waals surface area (Å²) >= 11 is 0. The van der Waals surface area contributed by atoms with Gasteiger partial charge >= 0.3 is 12.0 Å². The molecule has 0 unspecified atom stereocenters.